The smallest absolute Gasteiger partial charge is 0.403 e. The van der Waals surface area contributed by atoms with Crippen molar-refractivity contribution >= 4 is 0 Å². The van der Waals surface area contributed by atoms with Crippen molar-refractivity contribution in [3.63, 3.8) is 0 Å². The van der Waals surface area contributed by atoms with Crippen LogP contribution in [-0.4, -0.2) is 6.36 Å². The van der Waals surface area contributed by atoms with E-state index in [1.54, 1.807) is 13.8 Å². The first-order valence-electron chi connectivity index (χ1n) is 5.17. The van der Waals surface area contributed by atoms with Crippen LogP contribution in [-0.2, 0) is 4.74 Å². The van der Waals surface area contributed by atoms with E-state index >= 15 is 0 Å². The van der Waals surface area contributed by atoms with Crippen LogP contribution in [0.5, 0.6) is 0 Å². The molecule has 0 unspecified atom stereocenters. The van der Waals surface area contributed by atoms with E-state index in [-0.39, 0.29) is 6.42 Å². The van der Waals surface area contributed by atoms with Crippen LogP contribution in [0.15, 0.2) is 23.2 Å². The van der Waals surface area contributed by atoms with Gasteiger partial charge in [0.1, 0.15) is 5.83 Å². The van der Waals surface area contributed by atoms with Gasteiger partial charge in [0.15, 0.2) is 5.76 Å². The minimum absolute atomic E-state index is 0.122. The van der Waals surface area contributed by atoms with Crippen LogP contribution < -0.4 is 0 Å². The van der Waals surface area contributed by atoms with Crippen LogP contribution in [0.4, 0.5) is 17.6 Å². The molecular formula is C11H16F4O. The van der Waals surface area contributed by atoms with Crippen molar-refractivity contribution in [2.45, 2.75) is 46.4 Å². The molecule has 0 radical (unpaired) electrons. The minimum Gasteiger partial charge on any atom is -0.403 e. The first-order valence-corrected chi connectivity index (χ1v) is 5.17. The van der Waals surface area contributed by atoms with Crippen molar-refractivity contribution in [1.29, 1.82) is 0 Å². The maximum atomic E-state index is 13.2. The molecule has 0 rings (SSSR count). The van der Waals surface area contributed by atoms with Crippen molar-refractivity contribution in [2.24, 2.45) is 0 Å². The maximum Gasteiger partial charge on any atom is 0.573 e. The molecular weight excluding hydrogens is 224 g/mol. The summed E-state index contributed by atoms with van der Waals surface area (Å²) in [7, 11) is 0. The molecule has 0 aliphatic heterocycles. The Kier molecular flexibility index (Phi) is 6.14. The van der Waals surface area contributed by atoms with Gasteiger partial charge in [0, 0.05) is 6.42 Å². The molecule has 5 heteroatoms. The Labute approximate surface area is 92.8 Å². The van der Waals surface area contributed by atoms with Gasteiger partial charge in [-0.05, 0) is 18.9 Å². The zero-order valence-corrected chi connectivity index (χ0v) is 9.62. The number of hydrogen-bond acceptors (Lipinski definition) is 1. The molecule has 0 amide bonds. The van der Waals surface area contributed by atoms with Gasteiger partial charge in [-0.1, -0.05) is 26.3 Å². The molecule has 0 atom stereocenters. The van der Waals surface area contributed by atoms with Crippen LogP contribution in [0.1, 0.15) is 40.0 Å². The summed E-state index contributed by atoms with van der Waals surface area (Å²) in [6.45, 7) is 5.02. The number of halogens is 4. The van der Waals surface area contributed by atoms with E-state index in [9.17, 15) is 17.6 Å². The van der Waals surface area contributed by atoms with E-state index < -0.39 is 17.9 Å². The molecule has 0 saturated carbocycles. The Morgan fingerprint density at radius 2 is 1.56 bits per heavy atom. The molecule has 0 aromatic rings. The monoisotopic (exact) mass is 240 g/mol. The summed E-state index contributed by atoms with van der Waals surface area (Å²) in [5, 5.41) is 0. The van der Waals surface area contributed by atoms with E-state index in [0.717, 1.165) is 6.08 Å². The highest BCUT2D eigenvalue weighted by Crippen LogP contribution is 2.26. The van der Waals surface area contributed by atoms with Gasteiger partial charge in [0.05, 0.1) is 0 Å². The number of alkyl halides is 3. The highest BCUT2D eigenvalue weighted by Gasteiger charge is 2.32. The molecule has 0 N–H and O–H groups in total. The van der Waals surface area contributed by atoms with Gasteiger partial charge in [-0.2, -0.15) is 0 Å². The van der Waals surface area contributed by atoms with Crippen LogP contribution in [0.25, 0.3) is 0 Å². The lowest BCUT2D eigenvalue weighted by Crippen LogP contribution is -2.13. The van der Waals surface area contributed by atoms with Crippen LogP contribution >= 0.6 is 0 Å². The molecule has 0 aromatic heterocycles. The lowest BCUT2D eigenvalue weighted by molar-refractivity contribution is -0.304. The Hall–Kier alpha value is -1.00. The normalized spacial score (nSPS) is 13.2. The van der Waals surface area contributed by atoms with Gasteiger partial charge >= 0.3 is 6.36 Å². The molecule has 0 saturated heterocycles. The van der Waals surface area contributed by atoms with Gasteiger partial charge < -0.3 is 4.74 Å². The summed E-state index contributed by atoms with van der Waals surface area (Å²) >= 11 is 0. The zero-order chi connectivity index (χ0) is 12.8. The molecule has 0 fully saturated rings. The van der Waals surface area contributed by atoms with Crippen LogP contribution in [0.3, 0.4) is 0 Å². The van der Waals surface area contributed by atoms with Gasteiger partial charge in [-0.15, -0.1) is 13.2 Å². The third kappa shape index (κ3) is 5.78. The third-order valence-corrected chi connectivity index (χ3v) is 2.05. The summed E-state index contributed by atoms with van der Waals surface area (Å²) in [4.78, 5) is 0. The Bertz CT molecular complexity index is 270. The van der Waals surface area contributed by atoms with E-state index in [1.165, 1.54) is 6.92 Å². The minimum atomic E-state index is -4.86. The van der Waals surface area contributed by atoms with Crippen LogP contribution in [0.2, 0.25) is 0 Å². The summed E-state index contributed by atoms with van der Waals surface area (Å²) < 4.78 is 52.8. The summed E-state index contributed by atoms with van der Waals surface area (Å²) in [5.74, 6) is -1.62. The molecule has 0 heterocycles. The maximum absolute atomic E-state index is 13.2. The highest BCUT2D eigenvalue weighted by atomic mass is 19.4. The largest absolute Gasteiger partial charge is 0.573 e. The van der Waals surface area contributed by atoms with Crippen molar-refractivity contribution in [2.75, 3.05) is 0 Å². The number of ether oxygens (including phenoxy) is 1. The second kappa shape index (κ2) is 6.55. The average Bonchev–Trinajstić information content (AvgIpc) is 2.21. The fourth-order valence-electron chi connectivity index (χ4n) is 1.10. The lowest BCUT2D eigenvalue weighted by Gasteiger charge is -2.12. The lowest BCUT2D eigenvalue weighted by atomic mass is 10.1. The van der Waals surface area contributed by atoms with E-state index in [4.69, 9.17) is 0 Å². The predicted molar refractivity (Wildman–Crippen MR) is 54.2 cm³/mol. The third-order valence-electron chi connectivity index (χ3n) is 2.05. The molecule has 0 spiro atoms. The first-order chi connectivity index (χ1) is 7.34. The second-order valence-electron chi connectivity index (χ2n) is 3.18. The quantitative estimate of drug-likeness (QED) is 0.379. The number of rotatable bonds is 5. The second-order valence-corrected chi connectivity index (χ2v) is 3.18. The van der Waals surface area contributed by atoms with Crippen molar-refractivity contribution in [3.05, 3.63) is 23.2 Å². The zero-order valence-electron chi connectivity index (χ0n) is 9.62. The molecule has 0 bridgehead atoms. The van der Waals surface area contributed by atoms with Gasteiger partial charge in [0.2, 0.25) is 0 Å². The Balaban J connectivity index is 5.05. The molecule has 16 heavy (non-hydrogen) atoms. The fraction of sp³-hybridized carbons (Fsp3) is 0.636. The number of allylic oxidation sites excluding steroid dienone is 3. The topological polar surface area (TPSA) is 9.23 Å². The number of hydrogen-bond donors (Lipinski definition) is 0. The standard InChI is InChI=1S/C11H16F4O/c1-4-8(5-2)7-10(9(12)6-3)16-11(13,14)15/h7H,4-6H2,1-3H3/b10-9-. The summed E-state index contributed by atoms with van der Waals surface area (Å²) in [6, 6.07) is 0. The Morgan fingerprint density at radius 1 is 1.06 bits per heavy atom. The summed E-state index contributed by atoms with van der Waals surface area (Å²) in [6.07, 6.45) is -2.71. The van der Waals surface area contributed by atoms with Gasteiger partial charge in [-0.25, -0.2) is 4.39 Å². The summed E-state index contributed by atoms with van der Waals surface area (Å²) in [5.41, 5.74) is 0.711. The SMILES string of the molecule is CCC(=C/C(OC(F)(F)F)=C(/F)CC)CC. The molecule has 94 valence electrons. The van der Waals surface area contributed by atoms with E-state index in [0.29, 0.717) is 18.4 Å². The highest BCUT2D eigenvalue weighted by molar-refractivity contribution is 5.21. The van der Waals surface area contributed by atoms with E-state index in [1.807, 2.05) is 0 Å². The molecule has 1 nitrogen and oxygen atoms in total. The van der Waals surface area contributed by atoms with Crippen LogP contribution in [0, 0.1) is 0 Å². The van der Waals surface area contributed by atoms with E-state index in [2.05, 4.69) is 4.74 Å². The van der Waals surface area contributed by atoms with Crippen molar-refractivity contribution in [3.8, 4) is 0 Å². The average molecular weight is 240 g/mol. The molecule has 0 aliphatic carbocycles. The predicted octanol–water partition coefficient (Wildman–Crippen LogP) is 4.86. The van der Waals surface area contributed by atoms with Gasteiger partial charge in [0.25, 0.3) is 0 Å². The Morgan fingerprint density at radius 3 is 1.88 bits per heavy atom. The fourth-order valence-corrected chi connectivity index (χ4v) is 1.10. The van der Waals surface area contributed by atoms with Gasteiger partial charge in [-0.3, -0.25) is 0 Å². The molecule has 0 aliphatic rings. The van der Waals surface area contributed by atoms with Crippen molar-refractivity contribution in [1.82, 2.24) is 0 Å². The molecule has 0 aromatic carbocycles. The first kappa shape index (κ1) is 15.0. The van der Waals surface area contributed by atoms with Crippen molar-refractivity contribution < 1.29 is 22.3 Å².